The second-order valence-electron chi connectivity index (χ2n) is 10.9. The molecular weight excluding hydrogens is 541 g/mol. The van der Waals surface area contributed by atoms with Crippen LogP contribution in [-0.2, 0) is 26.2 Å². The molecule has 3 aromatic rings. The summed E-state index contributed by atoms with van der Waals surface area (Å²) in [7, 11) is -4.17. The van der Waals surface area contributed by atoms with Gasteiger partial charge in [0.05, 0.1) is 10.6 Å². The van der Waals surface area contributed by atoms with Crippen molar-refractivity contribution in [3.8, 4) is 0 Å². The van der Waals surface area contributed by atoms with E-state index in [1.54, 1.807) is 50.2 Å². The second-order valence-corrected chi connectivity index (χ2v) is 12.8. The van der Waals surface area contributed by atoms with Crippen molar-refractivity contribution in [2.75, 3.05) is 10.8 Å². The molecule has 0 radical (unpaired) electrons. The number of aryl methyl sites for hydroxylation is 3. The Morgan fingerprint density at radius 2 is 1.59 bits per heavy atom. The molecule has 1 N–H and O–H groups in total. The van der Waals surface area contributed by atoms with Crippen LogP contribution >= 0.6 is 0 Å². The Labute approximate surface area is 242 Å². The summed E-state index contributed by atoms with van der Waals surface area (Å²) in [6.45, 7) is 6.35. The third kappa shape index (κ3) is 7.14. The molecule has 0 bridgehead atoms. The molecule has 1 saturated carbocycles. The van der Waals surface area contributed by atoms with Crippen molar-refractivity contribution in [3.63, 3.8) is 0 Å². The van der Waals surface area contributed by atoms with Crippen LogP contribution < -0.4 is 9.62 Å². The number of hydrogen-bond donors (Lipinski definition) is 1. The second kappa shape index (κ2) is 12.9. The SMILES string of the molecule is Cc1ccc(S(=O)(=O)N(CC(=O)N(Cc2ccccc2F)[C@H](C)C(=O)NC2CCCC2)c2cc(C)ccc2C)cc1. The van der Waals surface area contributed by atoms with Crippen molar-refractivity contribution in [2.45, 2.75) is 76.9 Å². The Morgan fingerprint density at radius 1 is 0.951 bits per heavy atom. The number of carbonyl (C=O) groups is 2. The van der Waals surface area contributed by atoms with Crippen LogP contribution in [0.3, 0.4) is 0 Å². The largest absolute Gasteiger partial charge is 0.352 e. The van der Waals surface area contributed by atoms with Gasteiger partial charge in [-0.2, -0.15) is 0 Å². The maximum atomic E-state index is 14.7. The molecule has 0 aliphatic heterocycles. The van der Waals surface area contributed by atoms with Gasteiger partial charge in [0.25, 0.3) is 10.0 Å². The summed E-state index contributed by atoms with van der Waals surface area (Å²) in [4.78, 5) is 28.7. The van der Waals surface area contributed by atoms with Crippen molar-refractivity contribution in [3.05, 3.63) is 94.8 Å². The fraction of sp³-hybridized carbons (Fsp3) is 0.375. The topological polar surface area (TPSA) is 86.8 Å². The minimum absolute atomic E-state index is 0.0312. The van der Waals surface area contributed by atoms with Gasteiger partial charge in [-0.1, -0.05) is 60.9 Å². The number of carbonyl (C=O) groups excluding carboxylic acids is 2. The van der Waals surface area contributed by atoms with E-state index in [2.05, 4.69) is 5.32 Å². The minimum Gasteiger partial charge on any atom is -0.352 e. The Hall–Kier alpha value is -3.72. The number of benzene rings is 3. The van der Waals surface area contributed by atoms with Gasteiger partial charge in [0, 0.05) is 18.2 Å². The Kier molecular flexibility index (Phi) is 9.48. The van der Waals surface area contributed by atoms with Gasteiger partial charge in [-0.3, -0.25) is 13.9 Å². The minimum atomic E-state index is -4.17. The van der Waals surface area contributed by atoms with Crippen LogP contribution in [0.2, 0.25) is 0 Å². The van der Waals surface area contributed by atoms with Crippen molar-refractivity contribution in [1.82, 2.24) is 10.2 Å². The molecule has 1 aliphatic carbocycles. The molecule has 0 aromatic heterocycles. The zero-order valence-corrected chi connectivity index (χ0v) is 24.9. The highest BCUT2D eigenvalue weighted by Gasteiger charge is 2.34. The number of rotatable bonds is 10. The molecule has 0 saturated heterocycles. The number of nitrogens with one attached hydrogen (secondary N) is 1. The molecule has 1 fully saturated rings. The third-order valence-corrected chi connectivity index (χ3v) is 9.46. The van der Waals surface area contributed by atoms with Gasteiger partial charge in [-0.25, -0.2) is 12.8 Å². The Balaban J connectivity index is 1.73. The van der Waals surface area contributed by atoms with E-state index in [1.807, 2.05) is 26.0 Å². The van der Waals surface area contributed by atoms with Gasteiger partial charge in [0.15, 0.2) is 0 Å². The first-order chi connectivity index (χ1) is 19.5. The average molecular weight is 580 g/mol. The summed E-state index contributed by atoms with van der Waals surface area (Å²) in [5.41, 5.74) is 3.01. The van der Waals surface area contributed by atoms with Gasteiger partial charge >= 0.3 is 0 Å². The van der Waals surface area contributed by atoms with Gasteiger partial charge in [0.1, 0.15) is 18.4 Å². The first-order valence-electron chi connectivity index (χ1n) is 14.0. The lowest BCUT2D eigenvalue weighted by molar-refractivity contribution is -0.139. The molecule has 41 heavy (non-hydrogen) atoms. The van der Waals surface area contributed by atoms with Crippen LogP contribution in [0.5, 0.6) is 0 Å². The molecular formula is C32H38FN3O4S. The number of sulfonamides is 1. The van der Waals surface area contributed by atoms with Gasteiger partial charge in [0.2, 0.25) is 11.8 Å². The highest BCUT2D eigenvalue weighted by Crippen LogP contribution is 2.29. The molecule has 7 nitrogen and oxygen atoms in total. The summed E-state index contributed by atoms with van der Waals surface area (Å²) in [5, 5.41) is 3.02. The smallest absolute Gasteiger partial charge is 0.264 e. The van der Waals surface area contributed by atoms with Gasteiger partial charge in [-0.05, 0) is 75.9 Å². The summed E-state index contributed by atoms with van der Waals surface area (Å²) in [6, 6.07) is 17.0. The first-order valence-corrected chi connectivity index (χ1v) is 15.4. The molecule has 4 rings (SSSR count). The van der Waals surface area contributed by atoms with Crippen LogP contribution in [0.25, 0.3) is 0 Å². The maximum Gasteiger partial charge on any atom is 0.264 e. The number of hydrogen-bond acceptors (Lipinski definition) is 4. The predicted molar refractivity (Wildman–Crippen MR) is 158 cm³/mol. The molecule has 3 aromatic carbocycles. The molecule has 2 amide bonds. The highest BCUT2D eigenvalue weighted by atomic mass is 32.2. The fourth-order valence-corrected chi connectivity index (χ4v) is 6.59. The van der Waals surface area contributed by atoms with E-state index in [9.17, 15) is 22.4 Å². The number of nitrogens with zero attached hydrogens (tertiary/aromatic N) is 2. The average Bonchev–Trinajstić information content (AvgIpc) is 3.45. The van der Waals surface area contributed by atoms with Crippen LogP contribution in [0.1, 0.15) is 54.9 Å². The van der Waals surface area contributed by atoms with Crippen LogP contribution in [-0.4, -0.2) is 43.8 Å². The first kappa shape index (κ1) is 30.2. The molecule has 1 aliphatic rings. The molecule has 0 heterocycles. The fourth-order valence-electron chi connectivity index (χ4n) is 5.12. The normalized spacial score (nSPS) is 14.5. The van der Waals surface area contributed by atoms with Crippen molar-refractivity contribution in [1.29, 1.82) is 0 Å². The zero-order chi connectivity index (χ0) is 29.7. The van der Waals surface area contributed by atoms with E-state index in [1.165, 1.54) is 23.1 Å². The monoisotopic (exact) mass is 579 g/mol. The quantitative estimate of drug-likeness (QED) is 0.348. The van der Waals surface area contributed by atoms with E-state index in [0.29, 0.717) is 11.3 Å². The van der Waals surface area contributed by atoms with E-state index < -0.39 is 34.3 Å². The van der Waals surface area contributed by atoms with Crippen LogP contribution in [0.4, 0.5) is 10.1 Å². The van der Waals surface area contributed by atoms with Crippen molar-refractivity contribution >= 4 is 27.5 Å². The lowest BCUT2D eigenvalue weighted by atomic mass is 10.1. The van der Waals surface area contributed by atoms with Crippen LogP contribution in [0, 0.1) is 26.6 Å². The lowest BCUT2D eigenvalue weighted by Crippen LogP contribution is -2.52. The number of anilines is 1. The number of amides is 2. The molecule has 1 atom stereocenters. The zero-order valence-electron chi connectivity index (χ0n) is 24.1. The predicted octanol–water partition coefficient (Wildman–Crippen LogP) is 5.42. The highest BCUT2D eigenvalue weighted by molar-refractivity contribution is 7.92. The molecule has 9 heteroatoms. The summed E-state index contributed by atoms with van der Waals surface area (Å²) >= 11 is 0. The van der Waals surface area contributed by atoms with Gasteiger partial charge < -0.3 is 10.2 Å². The van der Waals surface area contributed by atoms with E-state index in [4.69, 9.17) is 0 Å². The summed E-state index contributed by atoms with van der Waals surface area (Å²) < 4.78 is 43.9. The standard InChI is InChI=1S/C32H38FN3O4S/c1-22-14-17-28(18-15-22)41(39,40)36(30-19-23(2)13-16-24(30)3)21-31(37)35(20-26-9-5-8-12-29(26)33)25(4)32(38)34-27-10-6-7-11-27/h5,8-9,12-19,25,27H,6-7,10-11,20-21H2,1-4H3,(H,34,38)/t25-/m1/s1. The molecule has 0 spiro atoms. The van der Waals surface area contributed by atoms with Crippen molar-refractivity contribution in [2.24, 2.45) is 0 Å². The van der Waals surface area contributed by atoms with E-state index >= 15 is 0 Å². The third-order valence-electron chi connectivity index (χ3n) is 7.69. The van der Waals surface area contributed by atoms with Gasteiger partial charge in [-0.15, -0.1) is 0 Å². The van der Waals surface area contributed by atoms with E-state index in [0.717, 1.165) is 41.1 Å². The molecule has 0 unspecified atom stereocenters. The van der Waals surface area contributed by atoms with E-state index in [-0.39, 0.29) is 29.0 Å². The number of halogens is 1. The Bertz CT molecular complexity index is 1500. The maximum absolute atomic E-state index is 14.7. The van der Waals surface area contributed by atoms with Crippen LogP contribution in [0.15, 0.2) is 71.6 Å². The summed E-state index contributed by atoms with van der Waals surface area (Å²) in [5.74, 6) is -1.47. The van der Waals surface area contributed by atoms with Crippen molar-refractivity contribution < 1.29 is 22.4 Å². The lowest BCUT2D eigenvalue weighted by Gasteiger charge is -2.33. The molecule has 218 valence electrons. The summed E-state index contributed by atoms with van der Waals surface area (Å²) in [6.07, 6.45) is 3.79. The Morgan fingerprint density at radius 3 is 2.24 bits per heavy atom.